The molecule has 0 radical (unpaired) electrons. The maximum absolute atomic E-state index is 13.1. The molecule has 2 aromatic carbocycles. The zero-order valence-electron chi connectivity index (χ0n) is 19.5. The van der Waals surface area contributed by atoms with Crippen LogP contribution in [-0.2, 0) is 17.1 Å². The van der Waals surface area contributed by atoms with Crippen molar-refractivity contribution in [3.05, 3.63) is 70.8 Å². The summed E-state index contributed by atoms with van der Waals surface area (Å²) in [5, 5.41) is 11.6. The van der Waals surface area contributed by atoms with Crippen molar-refractivity contribution in [1.29, 1.82) is 0 Å². The van der Waals surface area contributed by atoms with Crippen LogP contribution < -0.4 is 0 Å². The number of hydrogen-bond donors (Lipinski definition) is 1. The molecular weight excluding hydrogens is 476 g/mol. The van der Waals surface area contributed by atoms with Crippen LogP contribution in [0, 0.1) is 0 Å². The van der Waals surface area contributed by atoms with E-state index in [0.29, 0.717) is 11.1 Å². The number of aliphatic hydroxyl groups is 1. The Hall–Kier alpha value is -2.75. The molecule has 35 heavy (non-hydrogen) atoms. The number of rotatable bonds is 3. The molecule has 0 aliphatic carbocycles. The van der Waals surface area contributed by atoms with Gasteiger partial charge in [-0.1, -0.05) is 24.3 Å². The number of halogens is 6. The first-order valence-electron chi connectivity index (χ1n) is 11.0. The molecule has 1 amide bonds. The van der Waals surface area contributed by atoms with Crippen LogP contribution in [0.2, 0.25) is 0 Å². The average Bonchev–Trinajstić information content (AvgIpc) is 2.72. The standard InChI is InChI=1S/C25H27F6NO3/c1-22(2,3)35-21(33)32-14-12-23(34,13-15-32)20(16-4-8-18(9-5-16)24(26,27)28)17-6-10-19(11-7-17)25(29,30)31/h4-11,20,34H,12-15H2,1-3H3. The van der Waals surface area contributed by atoms with Gasteiger partial charge in [-0.25, -0.2) is 4.79 Å². The largest absolute Gasteiger partial charge is 0.444 e. The Morgan fingerprint density at radius 1 is 0.829 bits per heavy atom. The molecule has 0 spiro atoms. The number of likely N-dealkylation sites (tertiary alicyclic amines) is 1. The van der Waals surface area contributed by atoms with E-state index >= 15 is 0 Å². The van der Waals surface area contributed by atoms with Crippen LogP contribution in [0.3, 0.4) is 0 Å². The first kappa shape index (κ1) is 26.8. The van der Waals surface area contributed by atoms with Crippen LogP contribution in [-0.4, -0.2) is 40.4 Å². The third-order valence-corrected chi connectivity index (χ3v) is 5.96. The normalized spacial score (nSPS) is 16.9. The molecule has 0 unspecified atom stereocenters. The van der Waals surface area contributed by atoms with E-state index in [1.807, 2.05) is 0 Å². The van der Waals surface area contributed by atoms with Crippen LogP contribution in [0.4, 0.5) is 31.1 Å². The third-order valence-electron chi connectivity index (χ3n) is 5.96. The average molecular weight is 503 g/mol. The van der Waals surface area contributed by atoms with Gasteiger partial charge in [-0.15, -0.1) is 0 Å². The zero-order chi connectivity index (χ0) is 26.2. The second-order valence-corrected chi connectivity index (χ2v) is 9.74. The lowest BCUT2D eigenvalue weighted by atomic mass is 9.72. The molecule has 3 rings (SSSR count). The van der Waals surface area contributed by atoms with E-state index in [1.54, 1.807) is 20.8 Å². The molecular formula is C25H27F6NO3. The van der Waals surface area contributed by atoms with Gasteiger partial charge in [-0.05, 0) is 69.0 Å². The summed E-state index contributed by atoms with van der Waals surface area (Å²) in [6.45, 7) is 5.38. The Morgan fingerprint density at radius 3 is 1.51 bits per heavy atom. The number of carbonyl (C=O) groups is 1. The van der Waals surface area contributed by atoms with Crippen molar-refractivity contribution < 1.29 is 41.0 Å². The molecule has 1 aliphatic heterocycles. The summed E-state index contributed by atoms with van der Waals surface area (Å²) in [6, 6.07) is 8.42. The molecule has 1 saturated heterocycles. The van der Waals surface area contributed by atoms with Crippen LogP contribution in [0.15, 0.2) is 48.5 Å². The van der Waals surface area contributed by atoms with Gasteiger partial charge in [0.1, 0.15) is 5.60 Å². The van der Waals surface area contributed by atoms with Crippen molar-refractivity contribution in [2.75, 3.05) is 13.1 Å². The number of alkyl halides is 6. The summed E-state index contributed by atoms with van der Waals surface area (Å²) in [7, 11) is 0. The van der Waals surface area contributed by atoms with E-state index in [4.69, 9.17) is 4.74 Å². The number of carbonyl (C=O) groups excluding carboxylic acids is 1. The van der Waals surface area contributed by atoms with Gasteiger partial charge in [0.05, 0.1) is 16.7 Å². The fourth-order valence-electron chi connectivity index (χ4n) is 4.23. The Balaban J connectivity index is 1.94. The summed E-state index contributed by atoms with van der Waals surface area (Å²) in [6.07, 6.45) is -9.56. The Morgan fingerprint density at radius 2 is 1.20 bits per heavy atom. The highest BCUT2D eigenvalue weighted by Crippen LogP contribution is 2.43. The Labute approximate surface area is 199 Å². The van der Waals surface area contributed by atoms with E-state index in [-0.39, 0.29) is 25.9 Å². The molecule has 0 aromatic heterocycles. The molecule has 0 atom stereocenters. The van der Waals surface area contributed by atoms with Gasteiger partial charge < -0.3 is 14.7 Å². The zero-order valence-corrected chi connectivity index (χ0v) is 19.5. The summed E-state index contributed by atoms with van der Waals surface area (Å²) in [4.78, 5) is 13.8. The van der Waals surface area contributed by atoms with Crippen molar-refractivity contribution in [3.63, 3.8) is 0 Å². The van der Waals surface area contributed by atoms with Crippen molar-refractivity contribution >= 4 is 6.09 Å². The summed E-state index contributed by atoms with van der Waals surface area (Å²) in [5.74, 6) is -0.909. The highest BCUT2D eigenvalue weighted by Gasteiger charge is 2.43. The van der Waals surface area contributed by atoms with Gasteiger partial charge in [-0.3, -0.25) is 0 Å². The lowest BCUT2D eigenvalue weighted by Crippen LogP contribution is -2.50. The minimum absolute atomic E-state index is 0.0545. The summed E-state index contributed by atoms with van der Waals surface area (Å²) in [5.41, 5.74) is -3.33. The van der Waals surface area contributed by atoms with Gasteiger partial charge in [0.25, 0.3) is 0 Å². The number of amides is 1. The van der Waals surface area contributed by atoms with Crippen molar-refractivity contribution in [1.82, 2.24) is 4.90 Å². The minimum Gasteiger partial charge on any atom is -0.444 e. The molecule has 1 fully saturated rings. The predicted octanol–water partition coefficient (Wildman–Crippen LogP) is 6.62. The number of piperidine rings is 1. The molecule has 192 valence electrons. The second-order valence-electron chi connectivity index (χ2n) is 9.74. The van der Waals surface area contributed by atoms with Gasteiger partial charge in [-0.2, -0.15) is 26.3 Å². The predicted molar refractivity (Wildman–Crippen MR) is 117 cm³/mol. The first-order valence-corrected chi connectivity index (χ1v) is 11.0. The Bertz CT molecular complexity index is 958. The molecule has 0 bridgehead atoms. The van der Waals surface area contributed by atoms with Crippen molar-refractivity contribution in [2.45, 2.75) is 63.1 Å². The molecule has 4 nitrogen and oxygen atoms in total. The van der Waals surface area contributed by atoms with Crippen LogP contribution >= 0.6 is 0 Å². The number of nitrogens with zero attached hydrogens (tertiary/aromatic N) is 1. The molecule has 10 heteroatoms. The number of hydrogen-bond acceptors (Lipinski definition) is 3. The molecule has 1 heterocycles. The Kier molecular flexibility index (Phi) is 7.19. The van der Waals surface area contributed by atoms with Crippen molar-refractivity contribution in [3.8, 4) is 0 Å². The van der Waals surface area contributed by atoms with Gasteiger partial charge >= 0.3 is 18.4 Å². The van der Waals surface area contributed by atoms with E-state index in [2.05, 4.69) is 0 Å². The van der Waals surface area contributed by atoms with E-state index in [0.717, 1.165) is 24.3 Å². The second kappa shape index (κ2) is 9.37. The van der Waals surface area contributed by atoms with Crippen LogP contribution in [0.25, 0.3) is 0 Å². The number of benzene rings is 2. The monoisotopic (exact) mass is 503 g/mol. The quantitative estimate of drug-likeness (QED) is 0.479. The highest BCUT2D eigenvalue weighted by atomic mass is 19.4. The maximum Gasteiger partial charge on any atom is 0.416 e. The smallest absolute Gasteiger partial charge is 0.416 e. The molecule has 1 aliphatic rings. The minimum atomic E-state index is -4.56. The van der Waals surface area contributed by atoms with Gasteiger partial charge in [0, 0.05) is 19.0 Å². The van der Waals surface area contributed by atoms with Crippen LogP contribution in [0.1, 0.15) is 61.8 Å². The lowest BCUT2D eigenvalue weighted by Gasteiger charge is -2.43. The lowest BCUT2D eigenvalue weighted by molar-refractivity contribution is -0.138. The topological polar surface area (TPSA) is 49.8 Å². The first-order chi connectivity index (χ1) is 16.0. The molecule has 1 N–H and O–H groups in total. The summed E-state index contributed by atoms with van der Waals surface area (Å²) < 4.78 is 83.7. The fraction of sp³-hybridized carbons (Fsp3) is 0.480. The van der Waals surface area contributed by atoms with E-state index in [1.165, 1.54) is 29.2 Å². The van der Waals surface area contributed by atoms with E-state index in [9.17, 15) is 36.2 Å². The van der Waals surface area contributed by atoms with Gasteiger partial charge in [0.15, 0.2) is 0 Å². The van der Waals surface area contributed by atoms with Crippen molar-refractivity contribution in [2.24, 2.45) is 0 Å². The molecule has 2 aromatic rings. The fourth-order valence-corrected chi connectivity index (χ4v) is 4.23. The maximum atomic E-state index is 13.1. The van der Waals surface area contributed by atoms with Gasteiger partial charge in [0.2, 0.25) is 0 Å². The number of ether oxygens (including phenoxy) is 1. The molecule has 0 saturated carbocycles. The van der Waals surface area contributed by atoms with Crippen LogP contribution in [0.5, 0.6) is 0 Å². The SMILES string of the molecule is CC(C)(C)OC(=O)N1CCC(O)(C(c2ccc(C(F)(F)F)cc2)c2ccc(C(F)(F)F)cc2)CC1. The third kappa shape index (κ3) is 6.48. The van der Waals surface area contributed by atoms with E-state index < -0.39 is 46.7 Å². The summed E-state index contributed by atoms with van der Waals surface area (Å²) >= 11 is 0. The highest BCUT2D eigenvalue weighted by molar-refractivity contribution is 5.68.